The molecule has 0 aromatic carbocycles. The highest BCUT2D eigenvalue weighted by molar-refractivity contribution is 5.85. The van der Waals surface area contributed by atoms with Crippen LogP contribution < -0.4 is 10.6 Å². The molecule has 5 heteroatoms. The molecule has 0 aromatic heterocycles. The van der Waals surface area contributed by atoms with E-state index in [4.69, 9.17) is 0 Å². The number of rotatable bonds is 7. The zero-order valence-corrected chi connectivity index (χ0v) is 11.8. The number of nitrogens with zero attached hydrogens (tertiary/aromatic N) is 1. The molecule has 0 bridgehead atoms. The lowest BCUT2D eigenvalue weighted by atomic mass is 10.2. The predicted molar refractivity (Wildman–Crippen MR) is 73.7 cm³/mol. The quantitative estimate of drug-likeness (QED) is 0.721. The first-order valence-electron chi connectivity index (χ1n) is 6.51. The van der Waals surface area contributed by atoms with Gasteiger partial charge in [-0.05, 0) is 38.9 Å². The summed E-state index contributed by atoms with van der Waals surface area (Å²) in [5, 5.41) is 6.21. The zero-order valence-electron chi connectivity index (χ0n) is 11.0. The van der Waals surface area contributed by atoms with E-state index in [1.165, 1.54) is 6.42 Å². The molecule has 0 aromatic rings. The minimum Gasteiger partial charge on any atom is -0.353 e. The van der Waals surface area contributed by atoms with Crippen LogP contribution in [0, 0.1) is 0 Å². The second-order valence-electron chi connectivity index (χ2n) is 4.37. The molecule has 1 atom stereocenters. The van der Waals surface area contributed by atoms with Gasteiger partial charge in [0.1, 0.15) is 0 Å². The Balaban J connectivity index is 0.00000256. The maximum absolute atomic E-state index is 11.7. The fraction of sp³-hybridized carbons (Fsp3) is 0.917. The van der Waals surface area contributed by atoms with Gasteiger partial charge in [0.2, 0.25) is 5.91 Å². The van der Waals surface area contributed by atoms with Crippen molar-refractivity contribution in [3.63, 3.8) is 0 Å². The van der Waals surface area contributed by atoms with Crippen LogP contribution in [0.4, 0.5) is 0 Å². The number of amides is 1. The van der Waals surface area contributed by atoms with Crippen LogP contribution in [0.2, 0.25) is 0 Å². The van der Waals surface area contributed by atoms with E-state index in [1.807, 2.05) is 0 Å². The summed E-state index contributed by atoms with van der Waals surface area (Å²) in [6.07, 6.45) is 3.28. The fourth-order valence-corrected chi connectivity index (χ4v) is 2.11. The van der Waals surface area contributed by atoms with Crippen molar-refractivity contribution >= 4 is 18.3 Å². The Hall–Kier alpha value is -0.320. The second-order valence-corrected chi connectivity index (χ2v) is 4.37. The van der Waals surface area contributed by atoms with Gasteiger partial charge in [0.15, 0.2) is 0 Å². The molecule has 0 spiro atoms. The van der Waals surface area contributed by atoms with Gasteiger partial charge in [0, 0.05) is 13.1 Å². The van der Waals surface area contributed by atoms with Crippen molar-refractivity contribution in [1.29, 1.82) is 0 Å². The molecule has 4 nitrogen and oxygen atoms in total. The van der Waals surface area contributed by atoms with Crippen LogP contribution in [-0.2, 0) is 4.79 Å². The Bertz CT molecular complexity index is 208. The van der Waals surface area contributed by atoms with Crippen LogP contribution in [0.3, 0.4) is 0 Å². The Labute approximate surface area is 111 Å². The van der Waals surface area contributed by atoms with E-state index in [1.54, 1.807) is 0 Å². The molecule has 17 heavy (non-hydrogen) atoms. The topological polar surface area (TPSA) is 44.4 Å². The first-order valence-corrected chi connectivity index (χ1v) is 6.51. The third-order valence-electron chi connectivity index (χ3n) is 3.09. The lowest BCUT2D eigenvalue weighted by molar-refractivity contribution is -0.122. The van der Waals surface area contributed by atoms with Crippen LogP contribution in [0.15, 0.2) is 0 Å². The van der Waals surface area contributed by atoms with Crippen LogP contribution in [0.1, 0.15) is 33.1 Å². The molecule has 102 valence electrons. The van der Waals surface area contributed by atoms with E-state index < -0.39 is 0 Å². The number of halogens is 1. The normalized spacial score (nSPS) is 19.1. The number of hydrogen-bond acceptors (Lipinski definition) is 3. The van der Waals surface area contributed by atoms with E-state index in [0.717, 1.165) is 45.6 Å². The van der Waals surface area contributed by atoms with Crippen molar-refractivity contribution in [2.45, 2.75) is 39.2 Å². The lowest BCUT2D eigenvalue weighted by Gasteiger charge is -2.20. The molecule has 1 aliphatic rings. The summed E-state index contributed by atoms with van der Waals surface area (Å²) in [5.74, 6) is 0.171. The number of likely N-dealkylation sites (N-methyl/N-ethyl adjacent to an activating group) is 1. The molecule has 0 radical (unpaired) electrons. The monoisotopic (exact) mass is 263 g/mol. The number of carbonyl (C=O) groups is 1. The average Bonchev–Trinajstić information content (AvgIpc) is 2.81. The molecular formula is C12H26ClN3O. The number of hydrogen-bond donors (Lipinski definition) is 2. The van der Waals surface area contributed by atoms with Crippen LogP contribution in [0.25, 0.3) is 0 Å². The van der Waals surface area contributed by atoms with Crippen molar-refractivity contribution in [3.05, 3.63) is 0 Å². The van der Waals surface area contributed by atoms with Gasteiger partial charge >= 0.3 is 0 Å². The average molecular weight is 264 g/mol. The van der Waals surface area contributed by atoms with Gasteiger partial charge < -0.3 is 15.5 Å². The SMILES string of the molecule is CCCN(CC)CCNC(=O)[C@@H]1CCCN1.Cl. The van der Waals surface area contributed by atoms with Crippen LogP contribution >= 0.6 is 12.4 Å². The maximum Gasteiger partial charge on any atom is 0.237 e. The highest BCUT2D eigenvalue weighted by Gasteiger charge is 2.21. The first kappa shape index (κ1) is 16.7. The molecule has 2 N–H and O–H groups in total. The Morgan fingerprint density at radius 3 is 2.71 bits per heavy atom. The Morgan fingerprint density at radius 1 is 1.41 bits per heavy atom. The largest absolute Gasteiger partial charge is 0.353 e. The molecular weight excluding hydrogens is 238 g/mol. The third-order valence-corrected chi connectivity index (χ3v) is 3.09. The van der Waals surface area contributed by atoms with Crippen molar-refractivity contribution in [1.82, 2.24) is 15.5 Å². The van der Waals surface area contributed by atoms with Gasteiger partial charge in [-0.3, -0.25) is 4.79 Å². The smallest absolute Gasteiger partial charge is 0.237 e. The Morgan fingerprint density at radius 2 is 2.18 bits per heavy atom. The molecule has 1 aliphatic heterocycles. The molecule has 1 fully saturated rings. The van der Waals surface area contributed by atoms with Crippen molar-refractivity contribution in [3.8, 4) is 0 Å². The van der Waals surface area contributed by atoms with Gasteiger partial charge in [0.05, 0.1) is 6.04 Å². The van der Waals surface area contributed by atoms with Crippen LogP contribution in [-0.4, -0.2) is 49.6 Å². The Kier molecular flexibility index (Phi) is 9.50. The standard InChI is InChI=1S/C12H25N3O.ClH/c1-3-9-15(4-2)10-8-14-12(16)11-6-5-7-13-11;/h11,13H,3-10H2,1-2H3,(H,14,16);1H/t11-;/m0./s1. The van der Waals surface area contributed by atoms with E-state index in [2.05, 4.69) is 29.4 Å². The van der Waals surface area contributed by atoms with Gasteiger partial charge in [0.25, 0.3) is 0 Å². The lowest BCUT2D eigenvalue weighted by Crippen LogP contribution is -2.43. The van der Waals surface area contributed by atoms with Crippen molar-refractivity contribution in [2.75, 3.05) is 32.7 Å². The number of nitrogens with one attached hydrogen (secondary N) is 2. The van der Waals surface area contributed by atoms with Crippen molar-refractivity contribution in [2.24, 2.45) is 0 Å². The zero-order chi connectivity index (χ0) is 11.8. The summed E-state index contributed by atoms with van der Waals surface area (Å²) in [4.78, 5) is 14.0. The fourth-order valence-electron chi connectivity index (χ4n) is 2.11. The highest BCUT2D eigenvalue weighted by atomic mass is 35.5. The van der Waals surface area contributed by atoms with E-state index in [0.29, 0.717) is 0 Å². The molecule has 0 unspecified atom stereocenters. The molecule has 1 saturated heterocycles. The number of carbonyl (C=O) groups excluding carboxylic acids is 1. The summed E-state index contributed by atoms with van der Waals surface area (Å²) in [7, 11) is 0. The highest BCUT2D eigenvalue weighted by Crippen LogP contribution is 2.04. The van der Waals surface area contributed by atoms with Gasteiger partial charge in [-0.15, -0.1) is 12.4 Å². The van der Waals surface area contributed by atoms with Crippen LogP contribution in [0.5, 0.6) is 0 Å². The van der Waals surface area contributed by atoms with E-state index >= 15 is 0 Å². The molecule has 1 rings (SSSR count). The van der Waals surface area contributed by atoms with Crippen molar-refractivity contribution < 1.29 is 4.79 Å². The molecule has 0 aliphatic carbocycles. The minimum absolute atomic E-state index is 0. The summed E-state index contributed by atoms with van der Waals surface area (Å²) in [5.41, 5.74) is 0. The molecule has 0 saturated carbocycles. The maximum atomic E-state index is 11.7. The predicted octanol–water partition coefficient (Wildman–Crippen LogP) is 1.01. The van der Waals surface area contributed by atoms with Gasteiger partial charge in [-0.25, -0.2) is 0 Å². The van der Waals surface area contributed by atoms with Gasteiger partial charge in [-0.1, -0.05) is 13.8 Å². The molecule has 1 heterocycles. The van der Waals surface area contributed by atoms with E-state index in [-0.39, 0.29) is 24.4 Å². The minimum atomic E-state index is 0. The third kappa shape index (κ3) is 6.24. The second kappa shape index (κ2) is 9.68. The molecule has 1 amide bonds. The van der Waals surface area contributed by atoms with E-state index in [9.17, 15) is 4.79 Å². The van der Waals surface area contributed by atoms with Gasteiger partial charge in [-0.2, -0.15) is 0 Å². The first-order chi connectivity index (χ1) is 7.77. The summed E-state index contributed by atoms with van der Waals surface area (Å²) >= 11 is 0. The summed E-state index contributed by atoms with van der Waals surface area (Å²) < 4.78 is 0. The summed E-state index contributed by atoms with van der Waals surface area (Å²) in [6.45, 7) is 9.24. The summed E-state index contributed by atoms with van der Waals surface area (Å²) in [6, 6.07) is 0.0567.